The molecule has 1 aromatic carbocycles. The Balaban J connectivity index is 2.23. The van der Waals surface area contributed by atoms with Crippen LogP contribution >= 0.6 is 0 Å². The van der Waals surface area contributed by atoms with Crippen molar-refractivity contribution in [2.24, 2.45) is 0 Å². The van der Waals surface area contributed by atoms with Gasteiger partial charge in [0.1, 0.15) is 6.07 Å². The Kier molecular flexibility index (Phi) is 3.13. The SMILES string of the molecule is N#Cc1ccccc1NC(=O)c1ccncc1. The molecule has 1 aromatic heterocycles. The molecular formula is C13H9N3O. The molecule has 1 N–H and O–H groups in total. The molecule has 4 heteroatoms. The van der Waals surface area contributed by atoms with Crippen LogP contribution in [-0.4, -0.2) is 10.9 Å². The second-order valence-corrected chi connectivity index (χ2v) is 3.35. The summed E-state index contributed by atoms with van der Waals surface area (Å²) in [6, 6.07) is 12.1. The van der Waals surface area contributed by atoms with E-state index >= 15 is 0 Å². The molecule has 0 aliphatic carbocycles. The number of rotatable bonds is 2. The normalized spacial score (nSPS) is 9.35. The smallest absolute Gasteiger partial charge is 0.255 e. The molecular weight excluding hydrogens is 214 g/mol. The second kappa shape index (κ2) is 4.90. The van der Waals surface area contributed by atoms with Crippen LogP contribution in [0.25, 0.3) is 0 Å². The Bertz CT molecular complexity index is 573. The van der Waals surface area contributed by atoms with E-state index < -0.39 is 0 Å². The Morgan fingerprint density at radius 2 is 1.88 bits per heavy atom. The van der Waals surface area contributed by atoms with Crippen LogP contribution in [0.2, 0.25) is 0 Å². The highest BCUT2D eigenvalue weighted by atomic mass is 16.1. The van der Waals surface area contributed by atoms with E-state index in [1.165, 1.54) is 0 Å². The number of anilines is 1. The predicted molar refractivity (Wildman–Crippen MR) is 63.3 cm³/mol. The number of nitriles is 1. The zero-order valence-electron chi connectivity index (χ0n) is 8.92. The van der Waals surface area contributed by atoms with E-state index in [0.717, 1.165) is 0 Å². The molecule has 0 fully saturated rings. The largest absolute Gasteiger partial charge is 0.321 e. The van der Waals surface area contributed by atoms with E-state index in [0.29, 0.717) is 16.8 Å². The molecule has 0 aliphatic heterocycles. The number of nitrogens with zero attached hydrogens (tertiary/aromatic N) is 2. The van der Waals surface area contributed by atoms with Crippen LogP contribution < -0.4 is 5.32 Å². The van der Waals surface area contributed by atoms with E-state index in [2.05, 4.69) is 10.3 Å². The fourth-order valence-corrected chi connectivity index (χ4v) is 1.39. The van der Waals surface area contributed by atoms with Gasteiger partial charge in [0.25, 0.3) is 5.91 Å². The number of benzene rings is 1. The van der Waals surface area contributed by atoms with Gasteiger partial charge in [0.2, 0.25) is 0 Å². The van der Waals surface area contributed by atoms with Crippen LogP contribution in [0.15, 0.2) is 48.8 Å². The Morgan fingerprint density at radius 3 is 2.59 bits per heavy atom. The first-order valence-corrected chi connectivity index (χ1v) is 5.02. The van der Waals surface area contributed by atoms with E-state index in [-0.39, 0.29) is 5.91 Å². The van der Waals surface area contributed by atoms with Crippen LogP contribution in [0.4, 0.5) is 5.69 Å². The molecule has 2 aromatic rings. The fraction of sp³-hybridized carbons (Fsp3) is 0. The molecule has 1 amide bonds. The summed E-state index contributed by atoms with van der Waals surface area (Å²) >= 11 is 0. The quantitative estimate of drug-likeness (QED) is 0.848. The van der Waals surface area contributed by atoms with Gasteiger partial charge in [-0.1, -0.05) is 12.1 Å². The number of para-hydroxylation sites is 1. The third-order valence-electron chi connectivity index (χ3n) is 2.24. The number of pyridine rings is 1. The molecule has 0 atom stereocenters. The van der Waals surface area contributed by atoms with Crippen molar-refractivity contribution in [3.8, 4) is 6.07 Å². The summed E-state index contributed by atoms with van der Waals surface area (Å²) in [5.41, 5.74) is 1.46. The monoisotopic (exact) mass is 223 g/mol. The van der Waals surface area contributed by atoms with Gasteiger partial charge in [0, 0.05) is 18.0 Å². The number of nitrogens with one attached hydrogen (secondary N) is 1. The van der Waals surface area contributed by atoms with E-state index in [4.69, 9.17) is 5.26 Å². The number of hydrogen-bond acceptors (Lipinski definition) is 3. The first-order valence-electron chi connectivity index (χ1n) is 5.02. The molecule has 0 saturated heterocycles. The molecule has 0 unspecified atom stereocenters. The first kappa shape index (κ1) is 10.8. The van der Waals surface area contributed by atoms with Gasteiger partial charge in [-0.3, -0.25) is 9.78 Å². The topological polar surface area (TPSA) is 65.8 Å². The highest BCUT2D eigenvalue weighted by Crippen LogP contribution is 2.14. The van der Waals surface area contributed by atoms with Crippen molar-refractivity contribution in [1.29, 1.82) is 5.26 Å². The molecule has 17 heavy (non-hydrogen) atoms. The lowest BCUT2D eigenvalue weighted by atomic mass is 10.2. The zero-order valence-corrected chi connectivity index (χ0v) is 8.92. The van der Waals surface area contributed by atoms with Crippen molar-refractivity contribution < 1.29 is 4.79 Å². The number of amides is 1. The lowest BCUT2D eigenvalue weighted by molar-refractivity contribution is 0.102. The Labute approximate surface area is 98.5 Å². The van der Waals surface area contributed by atoms with E-state index in [1.54, 1.807) is 48.8 Å². The molecule has 4 nitrogen and oxygen atoms in total. The molecule has 1 heterocycles. The summed E-state index contributed by atoms with van der Waals surface area (Å²) in [4.78, 5) is 15.7. The maximum Gasteiger partial charge on any atom is 0.255 e. The molecule has 2 rings (SSSR count). The molecule has 0 saturated carbocycles. The lowest BCUT2D eigenvalue weighted by Crippen LogP contribution is -2.12. The molecule has 0 spiro atoms. The summed E-state index contributed by atoms with van der Waals surface area (Å²) in [6.07, 6.45) is 3.09. The van der Waals surface area contributed by atoms with E-state index in [1.807, 2.05) is 6.07 Å². The van der Waals surface area contributed by atoms with Crippen molar-refractivity contribution in [3.05, 3.63) is 59.9 Å². The van der Waals surface area contributed by atoms with Crippen molar-refractivity contribution in [2.75, 3.05) is 5.32 Å². The second-order valence-electron chi connectivity index (χ2n) is 3.35. The third kappa shape index (κ3) is 2.47. The van der Waals surface area contributed by atoms with Crippen LogP contribution in [0.3, 0.4) is 0 Å². The maximum atomic E-state index is 11.8. The summed E-state index contributed by atoms with van der Waals surface area (Å²) in [7, 11) is 0. The van der Waals surface area contributed by atoms with Gasteiger partial charge in [-0.2, -0.15) is 5.26 Å². The van der Waals surface area contributed by atoms with Crippen molar-refractivity contribution in [2.45, 2.75) is 0 Å². The number of aromatic nitrogens is 1. The van der Waals surface area contributed by atoms with Gasteiger partial charge in [-0.25, -0.2) is 0 Å². The summed E-state index contributed by atoms with van der Waals surface area (Å²) in [5, 5.41) is 11.6. The van der Waals surface area contributed by atoms with Gasteiger partial charge in [0.05, 0.1) is 11.3 Å². The molecule has 0 bridgehead atoms. The lowest BCUT2D eigenvalue weighted by Gasteiger charge is -2.06. The van der Waals surface area contributed by atoms with Crippen LogP contribution in [-0.2, 0) is 0 Å². The van der Waals surface area contributed by atoms with Crippen molar-refractivity contribution in [3.63, 3.8) is 0 Å². The van der Waals surface area contributed by atoms with Gasteiger partial charge < -0.3 is 5.32 Å². The molecule has 82 valence electrons. The predicted octanol–water partition coefficient (Wildman–Crippen LogP) is 2.21. The third-order valence-corrected chi connectivity index (χ3v) is 2.24. The minimum atomic E-state index is -0.255. The summed E-state index contributed by atoms with van der Waals surface area (Å²) < 4.78 is 0. The number of hydrogen-bond donors (Lipinski definition) is 1. The van der Waals surface area contributed by atoms with Crippen molar-refractivity contribution in [1.82, 2.24) is 4.98 Å². The highest BCUT2D eigenvalue weighted by Gasteiger charge is 2.07. The summed E-state index contributed by atoms with van der Waals surface area (Å²) in [5.74, 6) is -0.255. The maximum absolute atomic E-state index is 11.8. The number of carbonyl (C=O) groups is 1. The first-order chi connectivity index (χ1) is 8.31. The van der Waals surface area contributed by atoms with Crippen molar-refractivity contribution >= 4 is 11.6 Å². The number of carbonyl (C=O) groups excluding carboxylic acids is 1. The van der Waals surface area contributed by atoms with E-state index in [9.17, 15) is 4.79 Å². The zero-order chi connectivity index (χ0) is 12.1. The van der Waals surface area contributed by atoms with Crippen LogP contribution in [0.1, 0.15) is 15.9 Å². The van der Waals surface area contributed by atoms with Gasteiger partial charge in [0.15, 0.2) is 0 Å². The highest BCUT2D eigenvalue weighted by molar-refractivity contribution is 6.04. The van der Waals surface area contributed by atoms with Gasteiger partial charge in [-0.15, -0.1) is 0 Å². The Morgan fingerprint density at radius 1 is 1.18 bits per heavy atom. The average molecular weight is 223 g/mol. The van der Waals surface area contributed by atoms with Gasteiger partial charge in [-0.05, 0) is 24.3 Å². The minimum Gasteiger partial charge on any atom is -0.321 e. The van der Waals surface area contributed by atoms with Crippen LogP contribution in [0, 0.1) is 11.3 Å². The standard InChI is InChI=1S/C13H9N3O/c14-9-11-3-1-2-4-12(11)16-13(17)10-5-7-15-8-6-10/h1-8H,(H,16,17). The molecule has 0 radical (unpaired) electrons. The minimum absolute atomic E-state index is 0.255. The summed E-state index contributed by atoms with van der Waals surface area (Å²) in [6.45, 7) is 0. The molecule has 0 aliphatic rings. The van der Waals surface area contributed by atoms with Gasteiger partial charge >= 0.3 is 0 Å². The average Bonchev–Trinajstić information content (AvgIpc) is 2.40. The fourth-order valence-electron chi connectivity index (χ4n) is 1.39. The van der Waals surface area contributed by atoms with Crippen LogP contribution in [0.5, 0.6) is 0 Å². The Hall–Kier alpha value is -2.67.